The number of unbranched alkanes of at least 4 members (excludes halogenated alkanes) is 13. The molecule has 0 bridgehead atoms. The van der Waals surface area contributed by atoms with Gasteiger partial charge in [0.2, 0.25) is 0 Å². The van der Waals surface area contributed by atoms with Crippen LogP contribution in [0.1, 0.15) is 122 Å². The van der Waals surface area contributed by atoms with E-state index in [1.165, 1.54) is 77.0 Å². The van der Waals surface area contributed by atoms with Crippen LogP contribution < -0.4 is 5.11 Å². The smallest absolute Gasteiger partial charge is 0.309 e. The van der Waals surface area contributed by atoms with Crippen molar-refractivity contribution in [2.45, 2.75) is 122 Å². The number of carbonyl (C=O) groups is 3. The van der Waals surface area contributed by atoms with Crippen LogP contribution in [0.3, 0.4) is 0 Å². The van der Waals surface area contributed by atoms with E-state index in [-0.39, 0.29) is 43.4 Å². The molecule has 0 heterocycles. The maximum Gasteiger partial charge on any atom is 0.309 e. The standard InChI is InChI=1S/C28H51NO6/c1-2-3-4-5-6-7-8-9-10-11-12-13-14-15-16-17-18-22-29(23-19-26(30)31,24-20-27(32)33)25-21-28(34)35/h15-16H,2-14,17-25H2,1H3,(H2-,30,31,32,33,34,35)/b16-15+. The predicted molar refractivity (Wildman–Crippen MR) is 138 cm³/mol. The molecule has 0 spiro atoms. The van der Waals surface area contributed by atoms with Crippen LogP contribution in [0.4, 0.5) is 0 Å². The van der Waals surface area contributed by atoms with E-state index < -0.39 is 17.9 Å². The van der Waals surface area contributed by atoms with Gasteiger partial charge in [0.05, 0.1) is 39.0 Å². The molecule has 0 aromatic carbocycles. The lowest BCUT2D eigenvalue weighted by Gasteiger charge is -2.38. The molecule has 0 aromatic heterocycles. The first-order valence-electron chi connectivity index (χ1n) is 13.9. The van der Waals surface area contributed by atoms with Crippen molar-refractivity contribution >= 4 is 17.9 Å². The second-order valence-corrected chi connectivity index (χ2v) is 9.94. The summed E-state index contributed by atoms with van der Waals surface area (Å²) in [4.78, 5) is 33.2. The van der Waals surface area contributed by atoms with Gasteiger partial charge in [0, 0.05) is 18.8 Å². The molecule has 0 saturated heterocycles. The molecule has 0 aromatic rings. The van der Waals surface area contributed by atoms with Gasteiger partial charge in [-0.05, 0) is 19.3 Å². The normalized spacial score (nSPS) is 11.8. The van der Waals surface area contributed by atoms with Gasteiger partial charge in [0.25, 0.3) is 0 Å². The summed E-state index contributed by atoms with van der Waals surface area (Å²) in [5.74, 6) is -3.11. The summed E-state index contributed by atoms with van der Waals surface area (Å²) >= 11 is 0. The zero-order chi connectivity index (χ0) is 26.2. The number of nitrogens with zero attached hydrogens (tertiary/aromatic N) is 1. The summed E-state index contributed by atoms with van der Waals surface area (Å²) in [6.07, 6.45) is 22.6. The van der Waals surface area contributed by atoms with Gasteiger partial charge in [0.1, 0.15) is 0 Å². The van der Waals surface area contributed by atoms with Crippen LogP contribution in [0.25, 0.3) is 0 Å². The molecule has 35 heavy (non-hydrogen) atoms. The molecular weight excluding hydrogens is 446 g/mol. The van der Waals surface area contributed by atoms with Crippen molar-refractivity contribution in [3.8, 4) is 0 Å². The van der Waals surface area contributed by atoms with Crippen LogP contribution in [0.2, 0.25) is 0 Å². The van der Waals surface area contributed by atoms with Gasteiger partial charge in [-0.2, -0.15) is 0 Å². The van der Waals surface area contributed by atoms with Crippen LogP contribution in [0, 0.1) is 0 Å². The Morgan fingerprint density at radius 1 is 0.600 bits per heavy atom. The Morgan fingerprint density at radius 2 is 1.00 bits per heavy atom. The zero-order valence-corrected chi connectivity index (χ0v) is 22.2. The Bertz CT molecular complexity index is 544. The molecule has 7 heteroatoms. The number of allylic oxidation sites excluding steroid dienone is 2. The molecule has 0 atom stereocenters. The maximum absolute atomic E-state index is 11.1. The lowest BCUT2D eigenvalue weighted by molar-refractivity contribution is -0.927. The largest absolute Gasteiger partial charge is 0.550 e. The van der Waals surface area contributed by atoms with E-state index in [2.05, 4.69) is 19.1 Å². The Kier molecular flexibility index (Phi) is 21.3. The molecule has 0 amide bonds. The molecule has 0 aliphatic carbocycles. The van der Waals surface area contributed by atoms with Gasteiger partial charge in [-0.25, -0.2) is 0 Å². The highest BCUT2D eigenvalue weighted by atomic mass is 16.4. The molecule has 0 saturated carbocycles. The number of hydrogen-bond donors (Lipinski definition) is 2. The molecule has 0 fully saturated rings. The van der Waals surface area contributed by atoms with Crippen molar-refractivity contribution in [3.63, 3.8) is 0 Å². The minimum absolute atomic E-state index is 0.110. The van der Waals surface area contributed by atoms with Crippen molar-refractivity contribution in [1.29, 1.82) is 0 Å². The van der Waals surface area contributed by atoms with E-state index >= 15 is 0 Å². The third kappa shape index (κ3) is 22.3. The summed E-state index contributed by atoms with van der Waals surface area (Å²) in [5.41, 5.74) is 0. The molecule has 0 aliphatic heterocycles. The summed E-state index contributed by atoms with van der Waals surface area (Å²) in [7, 11) is 0. The van der Waals surface area contributed by atoms with Gasteiger partial charge < -0.3 is 24.6 Å². The summed E-state index contributed by atoms with van der Waals surface area (Å²) in [6, 6.07) is 0. The molecule has 0 aliphatic rings. The van der Waals surface area contributed by atoms with Crippen molar-refractivity contribution in [3.05, 3.63) is 12.2 Å². The van der Waals surface area contributed by atoms with Gasteiger partial charge >= 0.3 is 11.9 Å². The average Bonchev–Trinajstić information content (AvgIpc) is 2.81. The highest BCUT2D eigenvalue weighted by Gasteiger charge is 2.28. The number of hydrogen-bond acceptors (Lipinski definition) is 4. The summed E-state index contributed by atoms with van der Waals surface area (Å²) in [6.45, 7) is 3.49. The Balaban J connectivity index is 4.11. The molecule has 2 N–H and O–H groups in total. The first kappa shape index (κ1) is 33.1. The van der Waals surface area contributed by atoms with E-state index in [1.54, 1.807) is 0 Å². The van der Waals surface area contributed by atoms with Gasteiger partial charge in [-0.1, -0.05) is 89.7 Å². The molecular formula is C28H51NO6. The Hall–Kier alpha value is -1.89. The van der Waals surface area contributed by atoms with E-state index in [9.17, 15) is 19.5 Å². The number of rotatable bonds is 26. The molecule has 0 unspecified atom stereocenters. The van der Waals surface area contributed by atoms with Crippen LogP contribution in [0.5, 0.6) is 0 Å². The zero-order valence-electron chi connectivity index (χ0n) is 22.2. The topological polar surface area (TPSA) is 115 Å². The predicted octanol–water partition coefficient (Wildman–Crippen LogP) is 5.32. The molecule has 0 rings (SSSR count). The first-order valence-corrected chi connectivity index (χ1v) is 13.9. The minimum atomic E-state index is -1.19. The van der Waals surface area contributed by atoms with Crippen LogP contribution >= 0.6 is 0 Å². The first-order chi connectivity index (χ1) is 16.8. The lowest BCUT2D eigenvalue weighted by atomic mass is 10.0. The van der Waals surface area contributed by atoms with Crippen molar-refractivity contribution in [2.75, 3.05) is 26.2 Å². The third-order valence-electron chi connectivity index (χ3n) is 6.78. The highest BCUT2D eigenvalue weighted by Crippen LogP contribution is 2.16. The fourth-order valence-electron chi connectivity index (χ4n) is 4.55. The number of carboxylic acids is 3. The van der Waals surface area contributed by atoms with Crippen molar-refractivity contribution in [2.24, 2.45) is 0 Å². The molecule has 204 valence electrons. The Labute approximate surface area is 213 Å². The van der Waals surface area contributed by atoms with Crippen molar-refractivity contribution in [1.82, 2.24) is 0 Å². The lowest BCUT2D eigenvalue weighted by Crippen LogP contribution is -2.52. The van der Waals surface area contributed by atoms with Crippen LogP contribution in [-0.2, 0) is 14.4 Å². The fourth-order valence-corrected chi connectivity index (χ4v) is 4.55. The summed E-state index contributed by atoms with van der Waals surface area (Å²) < 4.78 is 0.194. The average molecular weight is 498 g/mol. The second-order valence-electron chi connectivity index (χ2n) is 9.94. The SMILES string of the molecule is CCCCCCCCCCCCCC/C=C/CCC[N+](CCC(=O)[O-])(CCC(=O)O)CCC(=O)O. The van der Waals surface area contributed by atoms with E-state index in [4.69, 9.17) is 10.2 Å². The van der Waals surface area contributed by atoms with Crippen molar-refractivity contribution < 1.29 is 34.2 Å². The van der Waals surface area contributed by atoms with E-state index in [0.29, 0.717) is 6.54 Å². The monoisotopic (exact) mass is 497 g/mol. The highest BCUT2D eigenvalue weighted by molar-refractivity contribution is 5.67. The van der Waals surface area contributed by atoms with Gasteiger partial charge in [0.15, 0.2) is 0 Å². The summed E-state index contributed by atoms with van der Waals surface area (Å²) in [5, 5.41) is 29.2. The van der Waals surface area contributed by atoms with E-state index in [1.807, 2.05) is 0 Å². The second kappa shape index (κ2) is 22.6. The maximum atomic E-state index is 11.1. The number of carbonyl (C=O) groups excluding carboxylic acids is 1. The number of aliphatic carboxylic acids is 3. The fraction of sp³-hybridized carbons (Fsp3) is 0.821. The third-order valence-corrected chi connectivity index (χ3v) is 6.78. The van der Waals surface area contributed by atoms with Gasteiger partial charge in [-0.3, -0.25) is 9.59 Å². The molecule has 0 radical (unpaired) electrons. The quantitative estimate of drug-likeness (QED) is 0.0949. The molecule has 7 nitrogen and oxygen atoms in total. The van der Waals surface area contributed by atoms with Gasteiger partial charge in [-0.15, -0.1) is 0 Å². The van der Waals surface area contributed by atoms with Crippen LogP contribution in [-0.4, -0.2) is 58.8 Å². The van der Waals surface area contributed by atoms with E-state index in [0.717, 1.165) is 19.3 Å². The number of carboxylic acid groups (broad SMARTS) is 3. The van der Waals surface area contributed by atoms with Crippen LogP contribution in [0.15, 0.2) is 12.2 Å². The Morgan fingerprint density at radius 3 is 1.43 bits per heavy atom. The number of quaternary nitrogens is 1. The minimum Gasteiger partial charge on any atom is -0.550 e.